The molecule has 0 amide bonds. The molecular formula is C16H15BrO3. The van der Waals surface area contributed by atoms with Crippen molar-refractivity contribution in [1.82, 2.24) is 0 Å². The van der Waals surface area contributed by atoms with Crippen molar-refractivity contribution in [3.05, 3.63) is 48.0 Å². The number of carbonyl (C=O) groups excluding carboxylic acids is 1. The molecule has 0 spiro atoms. The van der Waals surface area contributed by atoms with E-state index in [9.17, 15) is 4.79 Å². The Labute approximate surface area is 126 Å². The van der Waals surface area contributed by atoms with Gasteiger partial charge in [0, 0.05) is 17.2 Å². The number of alkyl halides is 1. The molecule has 3 nitrogen and oxygen atoms in total. The molecule has 0 fully saturated rings. The third-order valence-corrected chi connectivity index (χ3v) is 3.56. The van der Waals surface area contributed by atoms with Crippen LogP contribution in [0.2, 0.25) is 0 Å². The Morgan fingerprint density at radius 3 is 2.45 bits per heavy atom. The predicted octanol–water partition coefficient (Wildman–Crippen LogP) is 3.95. The number of Topliss-reactive ketones (excluding diaryl/α,β-unsaturated/α-hetero) is 1. The van der Waals surface area contributed by atoms with E-state index in [0.29, 0.717) is 16.6 Å². The van der Waals surface area contributed by atoms with Gasteiger partial charge in [0.15, 0.2) is 5.78 Å². The third kappa shape index (κ3) is 2.85. The summed E-state index contributed by atoms with van der Waals surface area (Å²) in [5.74, 6) is 1.44. The van der Waals surface area contributed by atoms with Gasteiger partial charge in [-0.2, -0.15) is 0 Å². The van der Waals surface area contributed by atoms with Crippen LogP contribution in [0.4, 0.5) is 0 Å². The first kappa shape index (κ1) is 14.6. The van der Waals surface area contributed by atoms with E-state index in [0.717, 1.165) is 16.9 Å². The summed E-state index contributed by atoms with van der Waals surface area (Å²) in [6.45, 7) is 0. The average Bonchev–Trinajstić information content (AvgIpc) is 2.53. The summed E-state index contributed by atoms with van der Waals surface area (Å²) in [5, 5.41) is 0.294. The Morgan fingerprint density at radius 1 is 1.05 bits per heavy atom. The fraction of sp³-hybridized carbons (Fsp3) is 0.188. The average molecular weight is 335 g/mol. The summed E-state index contributed by atoms with van der Waals surface area (Å²) in [6.07, 6.45) is 0. The fourth-order valence-electron chi connectivity index (χ4n) is 2.05. The molecule has 0 aliphatic carbocycles. The monoisotopic (exact) mass is 334 g/mol. The van der Waals surface area contributed by atoms with E-state index in [2.05, 4.69) is 15.9 Å². The summed E-state index contributed by atoms with van der Waals surface area (Å²) in [5.41, 5.74) is 2.41. The van der Waals surface area contributed by atoms with Crippen molar-refractivity contribution in [3.8, 4) is 22.6 Å². The number of rotatable bonds is 5. The van der Waals surface area contributed by atoms with Crippen molar-refractivity contribution in [2.75, 3.05) is 19.5 Å². The van der Waals surface area contributed by atoms with Crippen molar-refractivity contribution in [2.24, 2.45) is 0 Å². The van der Waals surface area contributed by atoms with Crippen LogP contribution in [0.5, 0.6) is 11.5 Å². The predicted molar refractivity (Wildman–Crippen MR) is 83.1 cm³/mol. The Balaban J connectivity index is 2.59. The zero-order chi connectivity index (χ0) is 14.5. The number of benzene rings is 2. The van der Waals surface area contributed by atoms with Gasteiger partial charge in [0.05, 0.1) is 19.5 Å². The molecule has 2 rings (SSSR count). The maximum Gasteiger partial charge on any atom is 0.173 e. The fourth-order valence-corrected chi connectivity index (χ4v) is 2.36. The van der Waals surface area contributed by atoms with E-state index in [1.165, 1.54) is 0 Å². The molecule has 0 saturated heterocycles. The largest absolute Gasteiger partial charge is 0.497 e. The number of ether oxygens (including phenoxy) is 2. The summed E-state index contributed by atoms with van der Waals surface area (Å²) in [6, 6.07) is 13.1. The highest BCUT2D eigenvalue weighted by Gasteiger charge is 2.15. The second-order valence-electron chi connectivity index (χ2n) is 4.17. The second-order valence-corrected chi connectivity index (χ2v) is 4.73. The van der Waals surface area contributed by atoms with Gasteiger partial charge in [-0.3, -0.25) is 4.79 Å². The minimum absolute atomic E-state index is 0.0403. The molecule has 0 aromatic heterocycles. The maximum absolute atomic E-state index is 12.0. The molecule has 0 aliphatic heterocycles. The molecule has 4 heteroatoms. The van der Waals surface area contributed by atoms with Crippen LogP contribution in [0.1, 0.15) is 10.4 Å². The first-order valence-corrected chi connectivity index (χ1v) is 7.24. The van der Waals surface area contributed by atoms with Crippen LogP contribution in [0.3, 0.4) is 0 Å². The van der Waals surface area contributed by atoms with Crippen LogP contribution in [0.15, 0.2) is 42.5 Å². The normalized spacial score (nSPS) is 10.2. The minimum atomic E-state index is 0.0403. The van der Waals surface area contributed by atoms with Gasteiger partial charge in [-0.05, 0) is 17.7 Å². The summed E-state index contributed by atoms with van der Waals surface area (Å²) in [7, 11) is 3.21. The Morgan fingerprint density at radius 2 is 1.80 bits per heavy atom. The van der Waals surface area contributed by atoms with Crippen LogP contribution >= 0.6 is 15.9 Å². The number of ketones is 1. The van der Waals surface area contributed by atoms with Gasteiger partial charge >= 0.3 is 0 Å². The van der Waals surface area contributed by atoms with Gasteiger partial charge in [0.1, 0.15) is 11.5 Å². The molecule has 0 atom stereocenters. The quantitative estimate of drug-likeness (QED) is 0.613. The topological polar surface area (TPSA) is 35.5 Å². The molecule has 0 heterocycles. The molecule has 0 saturated carbocycles. The molecule has 0 aliphatic rings. The lowest BCUT2D eigenvalue weighted by molar-refractivity contribution is 0.102. The first-order chi connectivity index (χ1) is 9.71. The molecule has 0 bridgehead atoms. The third-order valence-electron chi connectivity index (χ3n) is 3.05. The van der Waals surface area contributed by atoms with Crippen LogP contribution in [-0.2, 0) is 0 Å². The van der Waals surface area contributed by atoms with Crippen LogP contribution < -0.4 is 9.47 Å². The lowest BCUT2D eigenvalue weighted by Gasteiger charge is -2.13. The molecule has 2 aromatic rings. The SMILES string of the molecule is COc1ccc(-c2ccccc2C(=O)CBr)c(OC)c1. The van der Waals surface area contributed by atoms with Crippen LogP contribution in [-0.4, -0.2) is 25.3 Å². The molecule has 2 aromatic carbocycles. The second kappa shape index (κ2) is 6.57. The van der Waals surface area contributed by atoms with Crippen molar-refractivity contribution < 1.29 is 14.3 Å². The minimum Gasteiger partial charge on any atom is -0.497 e. The van der Waals surface area contributed by atoms with Crippen molar-refractivity contribution in [3.63, 3.8) is 0 Å². The number of carbonyl (C=O) groups is 1. The van der Waals surface area contributed by atoms with E-state index in [1.807, 2.05) is 42.5 Å². The first-order valence-electron chi connectivity index (χ1n) is 6.12. The van der Waals surface area contributed by atoms with Gasteiger partial charge < -0.3 is 9.47 Å². The van der Waals surface area contributed by atoms with Crippen molar-refractivity contribution >= 4 is 21.7 Å². The summed E-state index contributed by atoms with van der Waals surface area (Å²) >= 11 is 3.22. The van der Waals surface area contributed by atoms with Gasteiger partial charge in [-0.15, -0.1) is 0 Å². The zero-order valence-electron chi connectivity index (χ0n) is 11.4. The van der Waals surface area contributed by atoms with Gasteiger partial charge in [-0.25, -0.2) is 0 Å². The lowest BCUT2D eigenvalue weighted by Crippen LogP contribution is -2.03. The van der Waals surface area contributed by atoms with E-state index >= 15 is 0 Å². The van der Waals surface area contributed by atoms with Crippen LogP contribution in [0.25, 0.3) is 11.1 Å². The molecule has 0 unspecified atom stereocenters. The summed E-state index contributed by atoms with van der Waals surface area (Å²) in [4.78, 5) is 12.0. The van der Waals surface area contributed by atoms with E-state index in [4.69, 9.17) is 9.47 Å². The van der Waals surface area contributed by atoms with Crippen molar-refractivity contribution in [1.29, 1.82) is 0 Å². The van der Waals surface area contributed by atoms with Crippen molar-refractivity contribution in [2.45, 2.75) is 0 Å². The molecule has 0 radical (unpaired) electrons. The highest BCUT2D eigenvalue weighted by molar-refractivity contribution is 9.09. The smallest absolute Gasteiger partial charge is 0.173 e. The number of hydrogen-bond donors (Lipinski definition) is 0. The zero-order valence-corrected chi connectivity index (χ0v) is 12.9. The number of halogens is 1. The van der Waals surface area contributed by atoms with E-state index in [1.54, 1.807) is 14.2 Å². The highest BCUT2D eigenvalue weighted by Crippen LogP contribution is 2.35. The van der Waals surface area contributed by atoms with E-state index in [-0.39, 0.29) is 5.78 Å². The molecule has 104 valence electrons. The van der Waals surface area contributed by atoms with Gasteiger partial charge in [0.2, 0.25) is 0 Å². The van der Waals surface area contributed by atoms with Gasteiger partial charge in [0.25, 0.3) is 0 Å². The lowest BCUT2D eigenvalue weighted by atomic mass is 9.96. The highest BCUT2D eigenvalue weighted by atomic mass is 79.9. The Hall–Kier alpha value is -1.81. The van der Waals surface area contributed by atoms with Gasteiger partial charge in [-0.1, -0.05) is 40.2 Å². The Bertz CT molecular complexity index is 623. The van der Waals surface area contributed by atoms with E-state index < -0.39 is 0 Å². The standard InChI is InChI=1S/C16H15BrO3/c1-19-11-7-8-14(16(9-11)20-2)12-5-3-4-6-13(12)15(18)10-17/h3-9H,10H2,1-2H3. The summed E-state index contributed by atoms with van der Waals surface area (Å²) < 4.78 is 10.6. The molecular weight excluding hydrogens is 320 g/mol. The van der Waals surface area contributed by atoms with Crippen LogP contribution in [0, 0.1) is 0 Å². The number of methoxy groups -OCH3 is 2. The molecule has 20 heavy (non-hydrogen) atoms. The number of hydrogen-bond acceptors (Lipinski definition) is 3. The molecule has 0 N–H and O–H groups in total. The maximum atomic E-state index is 12.0. The Kier molecular flexibility index (Phi) is 4.79.